The molecule has 9 nitrogen and oxygen atoms in total. The molecule has 1 aromatic heterocycles. The highest BCUT2D eigenvalue weighted by Gasteiger charge is 2.39. The number of ether oxygens (including phenoxy) is 4. The molecule has 0 fully saturated rings. The summed E-state index contributed by atoms with van der Waals surface area (Å²) in [5.74, 6) is -1.76. The molecule has 4 rings (SSSR count). The lowest BCUT2D eigenvalue weighted by atomic mass is 9.81. The molecule has 40 heavy (non-hydrogen) atoms. The number of allylic oxidation sites excluding steroid dienone is 1. The summed E-state index contributed by atoms with van der Waals surface area (Å²) in [7, 11) is 0. The summed E-state index contributed by atoms with van der Waals surface area (Å²) in [6.45, 7) is 3.49. The van der Waals surface area contributed by atoms with Gasteiger partial charge >= 0.3 is 0 Å². The molecule has 0 saturated heterocycles. The van der Waals surface area contributed by atoms with Crippen molar-refractivity contribution >= 4 is 16.9 Å². The van der Waals surface area contributed by atoms with Crippen LogP contribution in [0.2, 0.25) is 0 Å². The summed E-state index contributed by atoms with van der Waals surface area (Å²) in [5, 5.41) is 12.1. The van der Waals surface area contributed by atoms with E-state index in [1.54, 1.807) is 42.5 Å². The van der Waals surface area contributed by atoms with Gasteiger partial charge in [-0.15, -0.1) is 0 Å². The number of hydrogen-bond donors (Lipinski definition) is 2. The maximum absolute atomic E-state index is 13.6. The van der Waals surface area contributed by atoms with Crippen molar-refractivity contribution in [2.24, 2.45) is 5.92 Å². The molecule has 2 N–H and O–H groups in total. The second-order valence-electron chi connectivity index (χ2n) is 9.22. The van der Waals surface area contributed by atoms with Crippen LogP contribution in [-0.4, -0.2) is 56.9 Å². The molecule has 3 aromatic rings. The van der Waals surface area contributed by atoms with Crippen molar-refractivity contribution in [3.05, 3.63) is 93.8 Å². The number of benzene rings is 2. The van der Waals surface area contributed by atoms with Crippen molar-refractivity contribution in [3.8, 4) is 0 Å². The molecule has 0 radical (unpaired) electrons. The molecule has 2 heterocycles. The van der Waals surface area contributed by atoms with Crippen LogP contribution in [-0.2, 0) is 30.3 Å². The fraction of sp³-hybridized carbons (Fsp3) is 0.400. The van der Waals surface area contributed by atoms with Crippen molar-refractivity contribution in [2.45, 2.75) is 32.1 Å². The standard InChI is InChI=1S/C30H34FNO8/c1-2-38-30-22(11-13-36-15-16-37-14-12-33)24(25-19-39-26-6-4-3-5-23(26)28(25)34)17-27(40-30)29(35)32-18-20-7-9-21(31)10-8-20/h3-10,17,19,22,24,30,33H,2,11-16,18H2,1H3,(H,32,35)/t22-,24-,30+/m1/s1. The van der Waals surface area contributed by atoms with Gasteiger partial charge < -0.3 is 33.8 Å². The molecular formula is C30H34FNO8. The number of amides is 1. The first-order valence-corrected chi connectivity index (χ1v) is 13.3. The van der Waals surface area contributed by atoms with Crippen LogP contribution in [0, 0.1) is 11.7 Å². The van der Waals surface area contributed by atoms with E-state index in [-0.39, 0.29) is 42.7 Å². The molecule has 1 amide bonds. The number of carbonyl (C=O) groups is 1. The highest BCUT2D eigenvalue weighted by molar-refractivity contribution is 5.91. The van der Waals surface area contributed by atoms with E-state index in [0.717, 1.165) is 5.56 Å². The number of fused-ring (bicyclic) bond motifs is 1. The predicted molar refractivity (Wildman–Crippen MR) is 145 cm³/mol. The van der Waals surface area contributed by atoms with Gasteiger partial charge in [-0.2, -0.15) is 0 Å². The molecule has 0 unspecified atom stereocenters. The highest BCUT2D eigenvalue weighted by Crippen LogP contribution is 2.38. The van der Waals surface area contributed by atoms with Crippen LogP contribution in [0.4, 0.5) is 4.39 Å². The Morgan fingerprint density at radius 2 is 1.80 bits per heavy atom. The Balaban J connectivity index is 1.59. The van der Waals surface area contributed by atoms with Crippen molar-refractivity contribution in [2.75, 3.05) is 39.6 Å². The first kappa shape index (κ1) is 29.4. The largest absolute Gasteiger partial charge is 0.464 e. The Hall–Kier alpha value is -3.57. The molecule has 3 atom stereocenters. The molecule has 0 spiro atoms. The maximum atomic E-state index is 13.6. The summed E-state index contributed by atoms with van der Waals surface area (Å²) in [6, 6.07) is 12.8. The van der Waals surface area contributed by atoms with Crippen LogP contribution in [0.3, 0.4) is 0 Å². The first-order chi connectivity index (χ1) is 19.5. The van der Waals surface area contributed by atoms with Crippen LogP contribution >= 0.6 is 0 Å². The van der Waals surface area contributed by atoms with E-state index >= 15 is 0 Å². The normalized spacial score (nSPS) is 18.8. The molecule has 0 aliphatic carbocycles. The first-order valence-electron chi connectivity index (χ1n) is 13.3. The number of carbonyl (C=O) groups excluding carboxylic acids is 1. The van der Waals surface area contributed by atoms with Gasteiger partial charge in [0.1, 0.15) is 11.4 Å². The number of aliphatic hydroxyl groups is 1. The van der Waals surface area contributed by atoms with E-state index in [1.807, 2.05) is 6.92 Å². The zero-order valence-electron chi connectivity index (χ0n) is 22.3. The minimum Gasteiger partial charge on any atom is -0.464 e. The molecule has 214 valence electrons. The Kier molecular flexibility index (Phi) is 10.8. The maximum Gasteiger partial charge on any atom is 0.286 e. The third-order valence-corrected chi connectivity index (χ3v) is 6.57. The number of aliphatic hydroxyl groups excluding tert-OH is 1. The summed E-state index contributed by atoms with van der Waals surface area (Å²) < 4.78 is 41.9. The predicted octanol–water partition coefficient (Wildman–Crippen LogP) is 3.64. The van der Waals surface area contributed by atoms with E-state index in [2.05, 4.69) is 5.32 Å². The van der Waals surface area contributed by atoms with Gasteiger partial charge in [-0.1, -0.05) is 24.3 Å². The number of halogens is 1. The highest BCUT2D eigenvalue weighted by atomic mass is 19.1. The zero-order valence-corrected chi connectivity index (χ0v) is 22.3. The average Bonchev–Trinajstić information content (AvgIpc) is 2.97. The third-order valence-electron chi connectivity index (χ3n) is 6.57. The Morgan fingerprint density at radius 3 is 2.55 bits per heavy atom. The molecule has 10 heteroatoms. The SMILES string of the molecule is CCO[C@H]1OC(C(=O)NCc2ccc(F)cc2)=C[C@@H](c2coc3ccccc3c2=O)[C@H]1CCOCCOCCO. The van der Waals surface area contributed by atoms with E-state index in [0.29, 0.717) is 49.4 Å². The summed E-state index contributed by atoms with van der Waals surface area (Å²) >= 11 is 0. The Morgan fingerprint density at radius 1 is 1.05 bits per heavy atom. The smallest absolute Gasteiger partial charge is 0.286 e. The fourth-order valence-corrected chi connectivity index (χ4v) is 4.60. The van der Waals surface area contributed by atoms with Gasteiger partial charge in [0.15, 0.2) is 11.2 Å². The fourth-order valence-electron chi connectivity index (χ4n) is 4.60. The van der Waals surface area contributed by atoms with Crippen molar-refractivity contribution in [3.63, 3.8) is 0 Å². The van der Waals surface area contributed by atoms with Gasteiger partial charge in [-0.25, -0.2) is 4.39 Å². The Labute approximate surface area is 231 Å². The van der Waals surface area contributed by atoms with Crippen LogP contribution in [0.25, 0.3) is 11.0 Å². The second-order valence-corrected chi connectivity index (χ2v) is 9.22. The molecule has 0 saturated carbocycles. The van der Waals surface area contributed by atoms with Crippen LogP contribution in [0.15, 0.2) is 75.8 Å². The van der Waals surface area contributed by atoms with E-state index in [4.69, 9.17) is 28.5 Å². The number of para-hydroxylation sites is 1. The van der Waals surface area contributed by atoms with E-state index in [9.17, 15) is 14.0 Å². The Bertz CT molecular complexity index is 1340. The van der Waals surface area contributed by atoms with Crippen molar-refractivity contribution < 1.29 is 37.7 Å². The molecule has 1 aliphatic rings. The van der Waals surface area contributed by atoms with E-state index < -0.39 is 18.1 Å². The monoisotopic (exact) mass is 555 g/mol. The third kappa shape index (κ3) is 7.54. The lowest BCUT2D eigenvalue weighted by molar-refractivity contribution is -0.168. The summed E-state index contributed by atoms with van der Waals surface area (Å²) in [6.07, 6.45) is 2.70. The van der Waals surface area contributed by atoms with Crippen molar-refractivity contribution in [1.29, 1.82) is 0 Å². The molecular weight excluding hydrogens is 521 g/mol. The van der Waals surface area contributed by atoms with Gasteiger partial charge in [0.25, 0.3) is 5.91 Å². The van der Waals surface area contributed by atoms with Crippen LogP contribution < -0.4 is 10.7 Å². The molecule has 2 aromatic carbocycles. The van der Waals surface area contributed by atoms with Crippen LogP contribution in [0.5, 0.6) is 0 Å². The van der Waals surface area contributed by atoms with Gasteiger partial charge in [0.2, 0.25) is 6.29 Å². The van der Waals surface area contributed by atoms with Gasteiger partial charge in [-0.3, -0.25) is 9.59 Å². The molecule has 1 aliphatic heterocycles. The topological polar surface area (TPSA) is 116 Å². The van der Waals surface area contributed by atoms with E-state index in [1.165, 1.54) is 18.4 Å². The lowest BCUT2D eigenvalue weighted by Gasteiger charge is -2.36. The molecule has 0 bridgehead atoms. The number of rotatable bonds is 14. The minimum absolute atomic E-state index is 0.0210. The van der Waals surface area contributed by atoms with Crippen LogP contribution in [0.1, 0.15) is 30.4 Å². The van der Waals surface area contributed by atoms with Gasteiger partial charge in [0.05, 0.1) is 38.1 Å². The van der Waals surface area contributed by atoms with Gasteiger partial charge in [0, 0.05) is 37.2 Å². The zero-order chi connectivity index (χ0) is 28.3. The second kappa shape index (κ2) is 14.7. The average molecular weight is 556 g/mol. The summed E-state index contributed by atoms with van der Waals surface area (Å²) in [5.41, 5.74) is 1.37. The minimum atomic E-state index is -0.827. The lowest BCUT2D eigenvalue weighted by Crippen LogP contribution is -2.40. The summed E-state index contributed by atoms with van der Waals surface area (Å²) in [4.78, 5) is 26.7. The number of nitrogens with one attached hydrogen (secondary N) is 1. The quantitative estimate of drug-likeness (QED) is 0.290. The van der Waals surface area contributed by atoms with Crippen molar-refractivity contribution in [1.82, 2.24) is 5.32 Å². The van der Waals surface area contributed by atoms with Gasteiger partial charge in [-0.05, 0) is 49.2 Å². The number of hydrogen-bond acceptors (Lipinski definition) is 8.